The smallest absolute Gasteiger partial charge is 0.307 e. The van der Waals surface area contributed by atoms with Crippen molar-refractivity contribution in [2.75, 3.05) is 13.2 Å². The summed E-state index contributed by atoms with van der Waals surface area (Å²) in [4.78, 5) is 22.4. The number of aliphatic carboxylic acids is 2. The summed E-state index contributed by atoms with van der Waals surface area (Å²) in [6.07, 6.45) is 7.33. The molecule has 7 nitrogen and oxygen atoms in total. The SMILES string of the molecule is Cc1ccc(OCCCCOc2ccc(/C=C/c3cccc4c3c(CC(=O)O)cn4CCCC(=O)O)cc2)c(F)c1F. The van der Waals surface area contributed by atoms with Gasteiger partial charge in [0.25, 0.3) is 0 Å². The Kier molecular flexibility index (Phi) is 10.3. The third-order valence-corrected chi connectivity index (χ3v) is 6.79. The highest BCUT2D eigenvalue weighted by atomic mass is 19.2. The van der Waals surface area contributed by atoms with E-state index in [1.54, 1.807) is 6.20 Å². The van der Waals surface area contributed by atoms with Crippen molar-refractivity contribution < 1.29 is 38.1 Å². The molecule has 0 radical (unpaired) electrons. The molecule has 9 heteroatoms. The Labute approximate surface area is 242 Å². The monoisotopic (exact) mass is 577 g/mol. The predicted octanol–water partition coefficient (Wildman–Crippen LogP) is 7.13. The van der Waals surface area contributed by atoms with Gasteiger partial charge < -0.3 is 24.3 Å². The molecular formula is C33H33F2NO6. The zero-order chi connectivity index (χ0) is 30.1. The van der Waals surface area contributed by atoms with Gasteiger partial charge in [-0.15, -0.1) is 0 Å². The molecule has 0 fully saturated rings. The second kappa shape index (κ2) is 14.3. The standard InChI is InChI=1S/C33H33F2NO6/c1-22-9-16-28(33(35)32(22)34)42-19-3-2-18-41-26-14-11-23(12-15-26)10-13-24-6-4-7-27-31(24)25(20-30(39)40)21-36(27)17-5-8-29(37)38/h4,6-7,9-16,21H,2-3,5,8,17-20H2,1H3,(H,37,38)(H,39,40)/b13-10+. The number of benzene rings is 3. The van der Waals surface area contributed by atoms with Gasteiger partial charge in [0.2, 0.25) is 5.82 Å². The zero-order valence-electron chi connectivity index (χ0n) is 23.3. The number of hydrogen-bond acceptors (Lipinski definition) is 4. The molecule has 0 unspecified atom stereocenters. The summed E-state index contributed by atoms with van der Waals surface area (Å²) >= 11 is 0. The van der Waals surface area contributed by atoms with Crippen molar-refractivity contribution in [2.45, 2.75) is 45.6 Å². The lowest BCUT2D eigenvalue weighted by Crippen LogP contribution is -2.04. The van der Waals surface area contributed by atoms with Crippen LogP contribution in [0.1, 0.15) is 47.9 Å². The van der Waals surface area contributed by atoms with E-state index in [2.05, 4.69) is 0 Å². The first-order valence-electron chi connectivity index (χ1n) is 13.8. The van der Waals surface area contributed by atoms with Gasteiger partial charge in [-0.1, -0.05) is 42.5 Å². The van der Waals surface area contributed by atoms with E-state index >= 15 is 0 Å². The maximum Gasteiger partial charge on any atom is 0.307 e. The van der Waals surface area contributed by atoms with Crippen molar-refractivity contribution in [3.05, 3.63) is 94.7 Å². The van der Waals surface area contributed by atoms with Gasteiger partial charge in [0.15, 0.2) is 11.6 Å². The number of carboxylic acid groups (broad SMARTS) is 2. The number of carboxylic acids is 2. The normalized spacial score (nSPS) is 11.3. The van der Waals surface area contributed by atoms with Crippen molar-refractivity contribution >= 4 is 35.0 Å². The van der Waals surface area contributed by atoms with E-state index in [1.807, 2.05) is 59.2 Å². The minimum absolute atomic E-state index is 0.0409. The summed E-state index contributed by atoms with van der Waals surface area (Å²) in [5.74, 6) is -3.05. The first kappa shape index (κ1) is 30.3. The predicted molar refractivity (Wildman–Crippen MR) is 157 cm³/mol. The Morgan fingerprint density at radius 1 is 0.857 bits per heavy atom. The van der Waals surface area contributed by atoms with E-state index in [9.17, 15) is 23.5 Å². The Hall–Kier alpha value is -4.66. The molecule has 0 spiro atoms. The number of ether oxygens (including phenoxy) is 2. The van der Waals surface area contributed by atoms with E-state index in [0.29, 0.717) is 43.7 Å². The number of halogens is 2. The summed E-state index contributed by atoms with van der Waals surface area (Å²) in [7, 11) is 0. The Morgan fingerprint density at radius 2 is 1.60 bits per heavy atom. The van der Waals surface area contributed by atoms with Crippen LogP contribution in [-0.2, 0) is 22.6 Å². The molecule has 4 aromatic rings. The molecule has 220 valence electrons. The van der Waals surface area contributed by atoms with Gasteiger partial charge in [-0.3, -0.25) is 9.59 Å². The van der Waals surface area contributed by atoms with Crippen LogP contribution in [-0.4, -0.2) is 39.9 Å². The summed E-state index contributed by atoms with van der Waals surface area (Å²) in [5, 5.41) is 19.2. The van der Waals surface area contributed by atoms with Crippen LogP contribution < -0.4 is 9.47 Å². The average molecular weight is 578 g/mol. The van der Waals surface area contributed by atoms with Crippen molar-refractivity contribution in [1.29, 1.82) is 0 Å². The molecule has 0 aliphatic rings. The molecule has 0 atom stereocenters. The molecule has 2 N–H and O–H groups in total. The quantitative estimate of drug-likeness (QED) is 0.115. The van der Waals surface area contributed by atoms with Gasteiger partial charge >= 0.3 is 11.9 Å². The molecule has 1 heterocycles. The fourth-order valence-corrected chi connectivity index (χ4v) is 4.67. The fraction of sp³-hybridized carbons (Fsp3) is 0.273. The van der Waals surface area contributed by atoms with Crippen LogP contribution in [0.2, 0.25) is 0 Å². The van der Waals surface area contributed by atoms with Crippen molar-refractivity contribution in [3.8, 4) is 11.5 Å². The number of aryl methyl sites for hydroxylation is 2. The molecule has 3 aromatic carbocycles. The van der Waals surface area contributed by atoms with Gasteiger partial charge in [0.05, 0.1) is 19.6 Å². The highest BCUT2D eigenvalue weighted by Crippen LogP contribution is 2.28. The molecule has 0 bridgehead atoms. The number of fused-ring (bicyclic) bond motifs is 1. The number of rotatable bonds is 15. The molecule has 4 rings (SSSR count). The molecule has 0 aliphatic carbocycles. The third kappa shape index (κ3) is 7.96. The van der Waals surface area contributed by atoms with Crippen molar-refractivity contribution in [3.63, 3.8) is 0 Å². The van der Waals surface area contributed by atoms with Gasteiger partial charge in [0, 0.05) is 30.1 Å². The van der Waals surface area contributed by atoms with Crippen LogP contribution >= 0.6 is 0 Å². The second-order valence-corrected chi connectivity index (χ2v) is 9.97. The maximum atomic E-state index is 13.9. The number of unbranched alkanes of at least 4 members (excludes halogenated alkanes) is 1. The summed E-state index contributed by atoms with van der Waals surface area (Å²) in [5.41, 5.74) is 3.58. The van der Waals surface area contributed by atoms with E-state index in [0.717, 1.165) is 22.0 Å². The topological polar surface area (TPSA) is 98.0 Å². The van der Waals surface area contributed by atoms with Crippen LogP contribution in [0.25, 0.3) is 23.1 Å². The second-order valence-electron chi connectivity index (χ2n) is 9.97. The molecular weight excluding hydrogens is 544 g/mol. The highest BCUT2D eigenvalue weighted by Gasteiger charge is 2.14. The van der Waals surface area contributed by atoms with Crippen LogP contribution in [0.4, 0.5) is 8.78 Å². The van der Waals surface area contributed by atoms with Crippen LogP contribution in [0.15, 0.2) is 60.8 Å². The third-order valence-electron chi connectivity index (χ3n) is 6.79. The number of aromatic nitrogens is 1. The van der Waals surface area contributed by atoms with Crippen LogP contribution in [0, 0.1) is 18.6 Å². The maximum absolute atomic E-state index is 13.9. The first-order valence-corrected chi connectivity index (χ1v) is 13.8. The summed E-state index contributed by atoms with van der Waals surface area (Å²) in [6, 6.07) is 16.2. The summed E-state index contributed by atoms with van der Waals surface area (Å²) in [6.45, 7) is 2.67. The molecule has 0 aliphatic heterocycles. The molecule has 0 saturated carbocycles. The zero-order valence-corrected chi connectivity index (χ0v) is 23.3. The largest absolute Gasteiger partial charge is 0.494 e. The Morgan fingerprint density at radius 3 is 2.31 bits per heavy atom. The minimum Gasteiger partial charge on any atom is -0.494 e. The van der Waals surface area contributed by atoms with E-state index in [-0.39, 0.29) is 30.8 Å². The van der Waals surface area contributed by atoms with Crippen molar-refractivity contribution in [1.82, 2.24) is 4.57 Å². The summed E-state index contributed by atoms with van der Waals surface area (Å²) < 4.78 is 40.6. The van der Waals surface area contributed by atoms with Crippen LogP contribution in [0.5, 0.6) is 11.5 Å². The van der Waals surface area contributed by atoms with E-state index in [1.165, 1.54) is 19.1 Å². The lowest BCUT2D eigenvalue weighted by Gasteiger charge is -2.09. The van der Waals surface area contributed by atoms with Gasteiger partial charge in [-0.2, -0.15) is 4.39 Å². The highest BCUT2D eigenvalue weighted by molar-refractivity contribution is 5.96. The van der Waals surface area contributed by atoms with Gasteiger partial charge in [-0.05, 0) is 72.7 Å². The molecule has 42 heavy (non-hydrogen) atoms. The number of nitrogens with zero attached hydrogens (tertiary/aromatic N) is 1. The van der Waals surface area contributed by atoms with Crippen molar-refractivity contribution in [2.24, 2.45) is 0 Å². The Balaban J connectivity index is 1.33. The van der Waals surface area contributed by atoms with Gasteiger partial charge in [-0.25, -0.2) is 4.39 Å². The van der Waals surface area contributed by atoms with Crippen LogP contribution in [0.3, 0.4) is 0 Å². The minimum atomic E-state index is -0.968. The molecule has 0 amide bonds. The molecule has 0 saturated heterocycles. The first-order chi connectivity index (χ1) is 20.2. The number of hydrogen-bond donors (Lipinski definition) is 2. The lowest BCUT2D eigenvalue weighted by molar-refractivity contribution is -0.137. The van der Waals surface area contributed by atoms with E-state index < -0.39 is 23.6 Å². The number of carbonyl (C=O) groups is 2. The molecule has 1 aromatic heterocycles. The lowest BCUT2D eigenvalue weighted by atomic mass is 10.0. The fourth-order valence-electron chi connectivity index (χ4n) is 4.67. The average Bonchev–Trinajstić information content (AvgIpc) is 3.31. The van der Waals surface area contributed by atoms with Gasteiger partial charge in [0.1, 0.15) is 5.75 Å². The van der Waals surface area contributed by atoms with E-state index in [4.69, 9.17) is 14.6 Å². The Bertz CT molecular complexity index is 1580.